The lowest BCUT2D eigenvalue weighted by atomic mass is 10.2. The van der Waals surface area contributed by atoms with Gasteiger partial charge in [0.15, 0.2) is 0 Å². The Morgan fingerprint density at radius 3 is 3.19 bits per heavy atom. The van der Waals surface area contributed by atoms with Crippen LogP contribution in [0.3, 0.4) is 0 Å². The molecule has 88 valence electrons. The van der Waals surface area contributed by atoms with Crippen LogP contribution in [0.4, 0.5) is 0 Å². The highest BCUT2D eigenvalue weighted by Crippen LogP contribution is 2.20. The van der Waals surface area contributed by atoms with Crippen molar-refractivity contribution < 1.29 is 9.90 Å². The minimum atomic E-state index is -0.708. The van der Waals surface area contributed by atoms with Crippen molar-refractivity contribution in [2.24, 2.45) is 0 Å². The maximum Gasteiger partial charge on any atom is 0.320 e. The lowest BCUT2D eigenvalue weighted by Crippen LogP contribution is -2.35. The highest BCUT2D eigenvalue weighted by atomic mass is 16.4. The second kappa shape index (κ2) is 4.65. The molecule has 5 heteroatoms. The summed E-state index contributed by atoms with van der Waals surface area (Å²) in [4.78, 5) is 13.1. The molecule has 1 aliphatic heterocycles. The number of aliphatic carboxylic acids is 1. The number of aromatic nitrogens is 2. The summed E-state index contributed by atoms with van der Waals surface area (Å²) in [7, 11) is 0. The predicted octanol–water partition coefficient (Wildman–Crippen LogP) is 0.952. The van der Waals surface area contributed by atoms with Gasteiger partial charge in [0.05, 0.1) is 5.69 Å². The quantitative estimate of drug-likeness (QED) is 0.825. The Kier molecular flexibility index (Phi) is 3.24. The first kappa shape index (κ1) is 11.1. The molecule has 1 saturated heterocycles. The zero-order valence-electron chi connectivity index (χ0n) is 9.46. The molecule has 1 aromatic rings. The van der Waals surface area contributed by atoms with Crippen molar-refractivity contribution in [1.82, 2.24) is 14.7 Å². The van der Waals surface area contributed by atoms with E-state index in [1.54, 1.807) is 6.20 Å². The van der Waals surface area contributed by atoms with Gasteiger partial charge in [0, 0.05) is 19.3 Å². The summed E-state index contributed by atoms with van der Waals surface area (Å²) in [6, 6.07) is 1.64. The summed E-state index contributed by atoms with van der Waals surface area (Å²) >= 11 is 0. The van der Waals surface area contributed by atoms with Crippen LogP contribution in [0, 0.1) is 0 Å². The number of likely N-dealkylation sites (tertiary alicyclic amines) is 1. The SMILES string of the molecule is CCn1nccc1CN1CCCC1C(=O)O. The second-order valence-corrected chi connectivity index (χ2v) is 4.11. The third-order valence-electron chi connectivity index (χ3n) is 3.12. The van der Waals surface area contributed by atoms with Gasteiger partial charge in [0.2, 0.25) is 0 Å². The third-order valence-corrected chi connectivity index (χ3v) is 3.12. The van der Waals surface area contributed by atoms with Crippen LogP contribution in [-0.4, -0.2) is 38.3 Å². The maximum absolute atomic E-state index is 11.0. The van der Waals surface area contributed by atoms with Gasteiger partial charge in [0.1, 0.15) is 6.04 Å². The van der Waals surface area contributed by atoms with Gasteiger partial charge >= 0.3 is 5.97 Å². The summed E-state index contributed by atoms with van der Waals surface area (Å²) in [5, 5.41) is 13.3. The van der Waals surface area contributed by atoms with E-state index in [9.17, 15) is 4.79 Å². The monoisotopic (exact) mass is 223 g/mol. The Hall–Kier alpha value is -1.36. The highest BCUT2D eigenvalue weighted by molar-refractivity contribution is 5.73. The highest BCUT2D eigenvalue weighted by Gasteiger charge is 2.30. The summed E-state index contributed by atoms with van der Waals surface area (Å²) in [5.41, 5.74) is 1.09. The molecule has 1 fully saturated rings. The Balaban J connectivity index is 2.06. The fourth-order valence-electron chi connectivity index (χ4n) is 2.28. The lowest BCUT2D eigenvalue weighted by Gasteiger charge is -2.21. The number of hydrogen-bond acceptors (Lipinski definition) is 3. The Morgan fingerprint density at radius 1 is 1.69 bits per heavy atom. The molecule has 1 N–H and O–H groups in total. The molecule has 5 nitrogen and oxygen atoms in total. The minimum absolute atomic E-state index is 0.319. The molecule has 1 aromatic heterocycles. The van der Waals surface area contributed by atoms with Crippen LogP contribution in [0.5, 0.6) is 0 Å². The number of hydrogen-bond donors (Lipinski definition) is 1. The van der Waals surface area contributed by atoms with Crippen LogP contribution in [0.2, 0.25) is 0 Å². The van der Waals surface area contributed by atoms with E-state index in [-0.39, 0.29) is 6.04 Å². The number of nitrogens with zero attached hydrogens (tertiary/aromatic N) is 3. The maximum atomic E-state index is 11.0. The van der Waals surface area contributed by atoms with Crippen LogP contribution < -0.4 is 0 Å². The number of rotatable bonds is 4. The van der Waals surface area contributed by atoms with Crippen molar-refractivity contribution in [2.75, 3.05) is 6.54 Å². The van der Waals surface area contributed by atoms with Crippen molar-refractivity contribution in [3.8, 4) is 0 Å². The zero-order chi connectivity index (χ0) is 11.5. The molecule has 2 heterocycles. The summed E-state index contributed by atoms with van der Waals surface area (Å²) in [6.07, 6.45) is 3.50. The van der Waals surface area contributed by atoms with Crippen molar-refractivity contribution in [3.05, 3.63) is 18.0 Å². The summed E-state index contributed by atoms with van der Waals surface area (Å²) in [6.45, 7) is 4.42. The second-order valence-electron chi connectivity index (χ2n) is 4.11. The number of aryl methyl sites for hydroxylation is 1. The van der Waals surface area contributed by atoms with E-state index in [0.717, 1.165) is 31.6 Å². The van der Waals surface area contributed by atoms with E-state index in [1.165, 1.54) is 0 Å². The fourth-order valence-corrected chi connectivity index (χ4v) is 2.28. The smallest absolute Gasteiger partial charge is 0.320 e. The molecule has 0 aliphatic carbocycles. The third kappa shape index (κ3) is 2.09. The topological polar surface area (TPSA) is 58.4 Å². The molecule has 0 bridgehead atoms. The molecule has 0 aromatic carbocycles. The molecule has 0 amide bonds. The largest absolute Gasteiger partial charge is 0.480 e. The molecular weight excluding hydrogens is 206 g/mol. The van der Waals surface area contributed by atoms with Crippen molar-refractivity contribution >= 4 is 5.97 Å². The lowest BCUT2D eigenvalue weighted by molar-refractivity contribution is -0.142. The van der Waals surface area contributed by atoms with E-state index in [4.69, 9.17) is 5.11 Å². The van der Waals surface area contributed by atoms with Gasteiger partial charge in [-0.2, -0.15) is 5.10 Å². The van der Waals surface area contributed by atoms with Crippen LogP contribution >= 0.6 is 0 Å². The molecule has 2 rings (SSSR count). The predicted molar refractivity (Wildman–Crippen MR) is 59.0 cm³/mol. The average Bonchev–Trinajstić information content (AvgIpc) is 2.86. The van der Waals surface area contributed by atoms with Crippen molar-refractivity contribution in [2.45, 2.75) is 38.9 Å². The van der Waals surface area contributed by atoms with Gasteiger partial charge in [0.25, 0.3) is 0 Å². The van der Waals surface area contributed by atoms with E-state index < -0.39 is 5.97 Å². The standard InChI is InChI=1S/C11H17N3O2/c1-2-14-9(5-6-12-14)8-13-7-3-4-10(13)11(15)16/h5-6,10H,2-4,7-8H2,1H3,(H,15,16). The molecule has 0 radical (unpaired) electrons. The van der Waals surface area contributed by atoms with Crippen molar-refractivity contribution in [1.29, 1.82) is 0 Å². The van der Waals surface area contributed by atoms with Gasteiger partial charge in [-0.1, -0.05) is 0 Å². The first-order valence-corrected chi connectivity index (χ1v) is 5.70. The number of carboxylic acids is 1. The van der Waals surface area contributed by atoms with Crippen LogP contribution in [0.1, 0.15) is 25.5 Å². The minimum Gasteiger partial charge on any atom is -0.480 e. The molecule has 1 aliphatic rings. The van der Waals surface area contributed by atoms with Crippen LogP contribution in [0.15, 0.2) is 12.3 Å². The number of carbonyl (C=O) groups is 1. The first-order valence-electron chi connectivity index (χ1n) is 5.70. The average molecular weight is 223 g/mol. The fraction of sp³-hybridized carbons (Fsp3) is 0.636. The molecule has 1 atom stereocenters. The Bertz CT molecular complexity index is 375. The molecule has 0 saturated carbocycles. The van der Waals surface area contributed by atoms with Gasteiger partial charge in [-0.25, -0.2) is 0 Å². The molecule has 1 unspecified atom stereocenters. The number of carboxylic acid groups (broad SMARTS) is 1. The van der Waals surface area contributed by atoms with Gasteiger partial charge in [-0.15, -0.1) is 0 Å². The molecule has 16 heavy (non-hydrogen) atoms. The van der Waals surface area contributed by atoms with Gasteiger partial charge in [-0.3, -0.25) is 14.4 Å². The van der Waals surface area contributed by atoms with Crippen LogP contribution in [0.25, 0.3) is 0 Å². The van der Waals surface area contributed by atoms with Gasteiger partial charge in [-0.05, 0) is 32.4 Å². The molecular formula is C11H17N3O2. The normalized spacial score (nSPS) is 21.4. The van der Waals surface area contributed by atoms with Crippen molar-refractivity contribution in [3.63, 3.8) is 0 Å². The van der Waals surface area contributed by atoms with E-state index in [0.29, 0.717) is 6.54 Å². The zero-order valence-corrected chi connectivity index (χ0v) is 9.46. The molecule has 0 spiro atoms. The van der Waals surface area contributed by atoms with E-state index in [2.05, 4.69) is 5.10 Å². The van der Waals surface area contributed by atoms with Crippen LogP contribution in [-0.2, 0) is 17.9 Å². The van der Waals surface area contributed by atoms with E-state index in [1.807, 2.05) is 22.6 Å². The Labute approximate surface area is 94.7 Å². The van der Waals surface area contributed by atoms with E-state index >= 15 is 0 Å². The summed E-state index contributed by atoms with van der Waals surface area (Å²) in [5.74, 6) is -0.708. The first-order chi connectivity index (χ1) is 7.72. The summed E-state index contributed by atoms with van der Waals surface area (Å²) < 4.78 is 1.91. The Morgan fingerprint density at radius 2 is 2.50 bits per heavy atom. The van der Waals surface area contributed by atoms with Gasteiger partial charge < -0.3 is 5.11 Å².